The van der Waals surface area contributed by atoms with Gasteiger partial charge >= 0.3 is 12.1 Å². The molecule has 0 saturated carbocycles. The first-order valence-electron chi connectivity index (χ1n) is 11.6. The van der Waals surface area contributed by atoms with E-state index in [0.29, 0.717) is 28.4 Å². The van der Waals surface area contributed by atoms with Gasteiger partial charge in [0.2, 0.25) is 0 Å². The zero-order valence-corrected chi connectivity index (χ0v) is 21.7. The Kier molecular flexibility index (Phi) is 11.9. The van der Waals surface area contributed by atoms with E-state index in [2.05, 4.69) is 34.3 Å². The third-order valence-electron chi connectivity index (χ3n) is 4.68. The average molecular weight is 525 g/mol. The smallest absolute Gasteiger partial charge is 0.407 e. The predicted molar refractivity (Wildman–Crippen MR) is 145 cm³/mol. The van der Waals surface area contributed by atoms with E-state index < -0.39 is 18.0 Å². The zero-order valence-electron chi connectivity index (χ0n) is 21.7. The number of anilines is 2. The molecule has 2 rings (SSSR count). The highest BCUT2D eigenvalue weighted by atomic mass is 16.6. The van der Waals surface area contributed by atoms with Crippen LogP contribution in [0.4, 0.5) is 16.2 Å². The van der Waals surface area contributed by atoms with Gasteiger partial charge in [0.25, 0.3) is 5.91 Å². The Balaban J connectivity index is 1.89. The van der Waals surface area contributed by atoms with Crippen molar-refractivity contribution in [2.75, 3.05) is 44.2 Å². The fourth-order valence-corrected chi connectivity index (χ4v) is 2.83. The highest BCUT2D eigenvalue weighted by molar-refractivity contribution is 6.48. The van der Waals surface area contributed by atoms with Crippen molar-refractivity contribution >= 4 is 35.1 Å². The van der Waals surface area contributed by atoms with Crippen LogP contribution < -0.4 is 25.5 Å². The SMILES string of the molecule is C=C(C)C(=O)OCCNC(=O)OCCOc1ccccc1N/N=C(\C(=C)C)C(=O)Nc1ccccc1OC. The van der Waals surface area contributed by atoms with Crippen molar-refractivity contribution in [3.8, 4) is 11.5 Å². The van der Waals surface area contributed by atoms with Crippen LogP contribution in [0.3, 0.4) is 0 Å². The standard InChI is InChI=1S/C27H32N4O7/c1-18(2)24(25(32)29-20-10-6-8-12-22(20)35-5)31-30-21-11-7-9-13-23(21)36-16-17-38-27(34)28-14-15-37-26(33)19(3)4/h6-13,30H,1,3,14-17H2,2,4-5H3,(H,28,34)(H,29,32)/b31-24+. The molecule has 11 nitrogen and oxygen atoms in total. The van der Waals surface area contributed by atoms with Crippen molar-refractivity contribution in [3.63, 3.8) is 0 Å². The Morgan fingerprint density at radius 1 is 0.842 bits per heavy atom. The summed E-state index contributed by atoms with van der Waals surface area (Å²) in [7, 11) is 1.51. The van der Waals surface area contributed by atoms with Gasteiger partial charge in [0, 0.05) is 5.57 Å². The number of esters is 1. The fourth-order valence-electron chi connectivity index (χ4n) is 2.83. The summed E-state index contributed by atoms with van der Waals surface area (Å²) in [5.41, 5.74) is 4.61. The number of carbonyl (C=O) groups excluding carboxylic acids is 3. The molecule has 0 atom stereocenters. The molecule has 0 spiro atoms. The van der Waals surface area contributed by atoms with E-state index in [4.69, 9.17) is 18.9 Å². The van der Waals surface area contributed by atoms with Gasteiger partial charge in [0.1, 0.15) is 31.3 Å². The summed E-state index contributed by atoms with van der Waals surface area (Å²) in [5.74, 6) is -0.0618. The number of hydrogen-bond acceptors (Lipinski definition) is 9. The number of methoxy groups -OCH3 is 1. The number of rotatable bonds is 14. The first kappa shape index (κ1) is 29.4. The maximum absolute atomic E-state index is 12.8. The summed E-state index contributed by atoms with van der Waals surface area (Å²) in [6.07, 6.45) is -0.678. The molecule has 2 amide bonds. The molecule has 0 aliphatic rings. The minimum absolute atomic E-state index is 0.0000569. The van der Waals surface area contributed by atoms with E-state index in [1.807, 2.05) is 0 Å². The fraction of sp³-hybridized carbons (Fsp3) is 0.259. The van der Waals surface area contributed by atoms with E-state index >= 15 is 0 Å². The Hall–Kier alpha value is -4.80. The number of carbonyl (C=O) groups is 3. The number of hydrogen-bond donors (Lipinski definition) is 3. The van der Waals surface area contributed by atoms with E-state index in [0.717, 1.165) is 0 Å². The number of ether oxygens (including phenoxy) is 4. The van der Waals surface area contributed by atoms with Crippen LogP contribution in [0.5, 0.6) is 11.5 Å². The largest absolute Gasteiger partial charge is 0.495 e. The maximum atomic E-state index is 12.8. The first-order chi connectivity index (χ1) is 18.2. The molecule has 0 aliphatic carbocycles. The molecule has 0 heterocycles. The minimum atomic E-state index is -0.678. The highest BCUT2D eigenvalue weighted by Crippen LogP contribution is 2.25. The molecule has 11 heteroatoms. The summed E-state index contributed by atoms with van der Waals surface area (Å²) in [6, 6.07) is 14.0. The van der Waals surface area contributed by atoms with Gasteiger partial charge in [-0.15, -0.1) is 0 Å². The quantitative estimate of drug-likeness (QED) is 0.111. The van der Waals surface area contributed by atoms with Gasteiger partial charge in [-0.2, -0.15) is 5.10 Å². The van der Waals surface area contributed by atoms with E-state index in [-0.39, 0.29) is 37.7 Å². The molecule has 0 aliphatic heterocycles. The van der Waals surface area contributed by atoms with Crippen LogP contribution in [0.1, 0.15) is 13.8 Å². The number of nitrogens with zero attached hydrogens (tertiary/aromatic N) is 1. The molecule has 2 aromatic carbocycles. The van der Waals surface area contributed by atoms with Crippen LogP contribution in [0, 0.1) is 0 Å². The topological polar surface area (TPSA) is 137 Å². The first-order valence-corrected chi connectivity index (χ1v) is 11.6. The summed E-state index contributed by atoms with van der Waals surface area (Å²) >= 11 is 0. The second-order valence-electron chi connectivity index (χ2n) is 7.83. The minimum Gasteiger partial charge on any atom is -0.495 e. The number of para-hydroxylation sites is 4. The number of alkyl carbamates (subject to hydrolysis) is 1. The third-order valence-corrected chi connectivity index (χ3v) is 4.68. The monoisotopic (exact) mass is 524 g/mol. The molecule has 0 saturated heterocycles. The van der Waals surface area contributed by atoms with Crippen LogP contribution in [0.25, 0.3) is 0 Å². The number of amides is 2. The Morgan fingerprint density at radius 3 is 2.16 bits per heavy atom. The summed E-state index contributed by atoms with van der Waals surface area (Å²) in [4.78, 5) is 35.9. The summed E-state index contributed by atoms with van der Waals surface area (Å²) in [6.45, 7) is 10.6. The zero-order chi connectivity index (χ0) is 27.9. The van der Waals surface area contributed by atoms with E-state index in [1.54, 1.807) is 55.5 Å². The summed E-state index contributed by atoms with van der Waals surface area (Å²) in [5, 5.41) is 9.45. The molecular weight excluding hydrogens is 492 g/mol. The van der Waals surface area contributed by atoms with Crippen molar-refractivity contribution in [2.24, 2.45) is 5.10 Å². The molecule has 2 aromatic rings. The van der Waals surface area contributed by atoms with Gasteiger partial charge < -0.3 is 29.6 Å². The summed E-state index contributed by atoms with van der Waals surface area (Å²) < 4.78 is 20.9. The molecule has 202 valence electrons. The second kappa shape index (κ2) is 15.3. The van der Waals surface area contributed by atoms with Crippen LogP contribution in [0.15, 0.2) is 77.9 Å². The van der Waals surface area contributed by atoms with Gasteiger partial charge in [0.05, 0.1) is 25.0 Å². The lowest BCUT2D eigenvalue weighted by Gasteiger charge is -2.13. The number of hydrazone groups is 1. The van der Waals surface area contributed by atoms with Crippen LogP contribution in [-0.2, 0) is 19.1 Å². The molecule has 0 fully saturated rings. The van der Waals surface area contributed by atoms with Crippen molar-refractivity contribution in [2.45, 2.75) is 13.8 Å². The van der Waals surface area contributed by atoms with Gasteiger partial charge in [-0.25, -0.2) is 9.59 Å². The van der Waals surface area contributed by atoms with E-state index in [1.165, 1.54) is 14.0 Å². The van der Waals surface area contributed by atoms with Gasteiger partial charge in [-0.05, 0) is 43.7 Å². The Labute approximate surface area is 221 Å². The van der Waals surface area contributed by atoms with Crippen LogP contribution in [0.2, 0.25) is 0 Å². The lowest BCUT2D eigenvalue weighted by molar-refractivity contribution is -0.138. The molecule has 38 heavy (non-hydrogen) atoms. The van der Waals surface area contributed by atoms with Crippen molar-refractivity contribution in [1.82, 2.24) is 5.32 Å². The van der Waals surface area contributed by atoms with Crippen LogP contribution in [-0.4, -0.2) is 57.2 Å². The van der Waals surface area contributed by atoms with Gasteiger partial charge in [-0.3, -0.25) is 10.2 Å². The second-order valence-corrected chi connectivity index (χ2v) is 7.83. The molecule has 3 N–H and O–H groups in total. The van der Waals surface area contributed by atoms with Crippen molar-refractivity contribution < 1.29 is 33.3 Å². The van der Waals surface area contributed by atoms with Gasteiger partial charge in [0.15, 0.2) is 5.71 Å². The highest BCUT2D eigenvalue weighted by Gasteiger charge is 2.15. The van der Waals surface area contributed by atoms with Crippen molar-refractivity contribution in [1.29, 1.82) is 0 Å². The maximum Gasteiger partial charge on any atom is 0.407 e. The molecular formula is C27H32N4O7. The van der Waals surface area contributed by atoms with Crippen LogP contribution >= 0.6 is 0 Å². The Morgan fingerprint density at radius 2 is 1.50 bits per heavy atom. The van der Waals surface area contributed by atoms with Gasteiger partial charge in [-0.1, -0.05) is 37.4 Å². The van der Waals surface area contributed by atoms with E-state index in [9.17, 15) is 14.4 Å². The third kappa shape index (κ3) is 9.69. The molecule has 0 aromatic heterocycles. The lowest BCUT2D eigenvalue weighted by atomic mass is 10.2. The molecule has 0 unspecified atom stereocenters. The molecule has 0 bridgehead atoms. The lowest BCUT2D eigenvalue weighted by Crippen LogP contribution is -2.29. The normalized spacial score (nSPS) is 10.6. The number of nitrogens with one attached hydrogen (secondary N) is 3. The Bertz CT molecular complexity index is 1190. The van der Waals surface area contributed by atoms with Crippen molar-refractivity contribution in [3.05, 3.63) is 72.8 Å². The molecule has 0 radical (unpaired) electrons. The number of benzene rings is 2. The predicted octanol–water partition coefficient (Wildman–Crippen LogP) is 3.90. The average Bonchev–Trinajstić information content (AvgIpc) is 2.89.